The minimum absolute atomic E-state index is 0.0741. The summed E-state index contributed by atoms with van der Waals surface area (Å²) in [6.07, 6.45) is 0.951. The highest BCUT2D eigenvalue weighted by Crippen LogP contribution is 2.34. The number of likely N-dealkylation sites (tertiary alicyclic amines) is 1. The van der Waals surface area contributed by atoms with Gasteiger partial charge in [0.1, 0.15) is 17.1 Å². The number of nitrogens with one attached hydrogen (secondary N) is 1. The van der Waals surface area contributed by atoms with Crippen molar-refractivity contribution in [3.63, 3.8) is 0 Å². The topological polar surface area (TPSA) is 122 Å². The Morgan fingerprint density at radius 1 is 1.23 bits per heavy atom. The number of aromatic carboxylic acids is 1. The summed E-state index contributed by atoms with van der Waals surface area (Å²) in [4.78, 5) is 45.3. The van der Waals surface area contributed by atoms with E-state index < -0.39 is 29.7 Å². The van der Waals surface area contributed by atoms with Gasteiger partial charge in [-0.05, 0) is 52.7 Å². The van der Waals surface area contributed by atoms with Crippen LogP contribution < -0.4 is 0 Å². The second-order valence-corrected chi connectivity index (χ2v) is 8.28. The molecule has 1 aromatic heterocycles. The monoisotopic (exact) mass is 429 g/mol. The molecule has 166 valence electrons. The van der Waals surface area contributed by atoms with Crippen molar-refractivity contribution in [3.8, 4) is 11.3 Å². The molecule has 3 rings (SSSR count). The van der Waals surface area contributed by atoms with Gasteiger partial charge in [-0.15, -0.1) is 0 Å². The third-order valence-corrected chi connectivity index (χ3v) is 4.80. The summed E-state index contributed by atoms with van der Waals surface area (Å²) in [5, 5.41) is 9.67. The second kappa shape index (κ2) is 8.79. The number of benzene rings is 1. The third kappa shape index (κ3) is 5.04. The van der Waals surface area contributed by atoms with Crippen molar-refractivity contribution in [2.75, 3.05) is 13.2 Å². The van der Waals surface area contributed by atoms with E-state index in [4.69, 9.17) is 9.47 Å². The molecule has 2 aromatic rings. The van der Waals surface area contributed by atoms with Crippen LogP contribution in [0.5, 0.6) is 0 Å². The van der Waals surface area contributed by atoms with Crippen molar-refractivity contribution < 1.29 is 29.0 Å². The fourth-order valence-electron chi connectivity index (χ4n) is 3.48. The van der Waals surface area contributed by atoms with Gasteiger partial charge in [-0.3, -0.25) is 4.90 Å². The van der Waals surface area contributed by atoms with Crippen molar-refractivity contribution >= 4 is 18.0 Å². The van der Waals surface area contributed by atoms with E-state index in [0.29, 0.717) is 29.9 Å². The van der Waals surface area contributed by atoms with Gasteiger partial charge in [0.25, 0.3) is 0 Å². The summed E-state index contributed by atoms with van der Waals surface area (Å²) in [6.45, 7) is 7.88. The van der Waals surface area contributed by atoms with Gasteiger partial charge in [0.2, 0.25) is 0 Å². The van der Waals surface area contributed by atoms with E-state index >= 15 is 0 Å². The fraction of sp³-hybridized carbons (Fsp3) is 0.455. The van der Waals surface area contributed by atoms with Crippen molar-refractivity contribution in [1.29, 1.82) is 0 Å². The maximum atomic E-state index is 12.6. The van der Waals surface area contributed by atoms with Crippen LogP contribution in [-0.4, -0.2) is 56.8 Å². The summed E-state index contributed by atoms with van der Waals surface area (Å²) in [7, 11) is 0. The summed E-state index contributed by atoms with van der Waals surface area (Å²) >= 11 is 0. The Bertz CT molecular complexity index is 974. The maximum Gasteiger partial charge on any atom is 0.410 e. The van der Waals surface area contributed by atoms with Gasteiger partial charge < -0.3 is 19.6 Å². The van der Waals surface area contributed by atoms with E-state index in [-0.39, 0.29) is 18.0 Å². The number of imidazole rings is 1. The first-order chi connectivity index (χ1) is 14.6. The molecular formula is C22H27N3O6. The maximum absolute atomic E-state index is 12.6. The summed E-state index contributed by atoms with van der Waals surface area (Å²) in [6, 6.07) is 5.98. The zero-order valence-electron chi connectivity index (χ0n) is 18.1. The number of aromatic nitrogens is 2. The second-order valence-electron chi connectivity index (χ2n) is 8.28. The molecule has 1 atom stereocenters. The number of ether oxygens (including phenoxy) is 2. The molecule has 0 radical (unpaired) electrons. The van der Waals surface area contributed by atoms with E-state index in [2.05, 4.69) is 9.97 Å². The van der Waals surface area contributed by atoms with Gasteiger partial charge in [0.05, 0.1) is 18.2 Å². The molecule has 2 N–H and O–H groups in total. The van der Waals surface area contributed by atoms with Crippen LogP contribution in [-0.2, 0) is 9.47 Å². The van der Waals surface area contributed by atoms with Crippen LogP contribution in [0, 0.1) is 0 Å². The molecular weight excluding hydrogens is 402 g/mol. The van der Waals surface area contributed by atoms with E-state index in [1.165, 1.54) is 0 Å². The first-order valence-electron chi connectivity index (χ1n) is 10.2. The molecule has 31 heavy (non-hydrogen) atoms. The summed E-state index contributed by atoms with van der Waals surface area (Å²) in [5.41, 5.74) is 0.439. The number of rotatable bonds is 5. The number of carboxylic acid groups (broad SMARTS) is 1. The zero-order valence-corrected chi connectivity index (χ0v) is 18.1. The van der Waals surface area contributed by atoms with Gasteiger partial charge in [-0.1, -0.05) is 12.1 Å². The van der Waals surface area contributed by atoms with Crippen molar-refractivity contribution in [2.45, 2.75) is 52.2 Å². The molecule has 1 aliphatic heterocycles. The zero-order chi connectivity index (χ0) is 22.8. The number of carbonyl (C=O) groups is 3. The highest BCUT2D eigenvalue weighted by Gasteiger charge is 2.36. The van der Waals surface area contributed by atoms with E-state index in [1.54, 1.807) is 56.9 Å². The molecule has 9 heteroatoms. The lowest BCUT2D eigenvalue weighted by Crippen LogP contribution is -2.36. The van der Waals surface area contributed by atoms with Crippen molar-refractivity contribution in [1.82, 2.24) is 14.9 Å². The lowest BCUT2D eigenvalue weighted by atomic mass is 10.1. The number of carboxylic acids is 1. The molecule has 9 nitrogen and oxygen atoms in total. The number of amides is 1. The minimum Gasteiger partial charge on any atom is -0.477 e. The Morgan fingerprint density at radius 2 is 1.90 bits per heavy atom. The molecule has 0 bridgehead atoms. The highest BCUT2D eigenvalue weighted by molar-refractivity contribution is 5.94. The largest absolute Gasteiger partial charge is 0.477 e. The highest BCUT2D eigenvalue weighted by atomic mass is 16.6. The molecule has 0 aliphatic carbocycles. The van der Waals surface area contributed by atoms with Crippen molar-refractivity contribution in [2.24, 2.45) is 0 Å². The Morgan fingerprint density at radius 3 is 2.48 bits per heavy atom. The van der Waals surface area contributed by atoms with E-state index in [0.717, 1.165) is 6.42 Å². The average molecular weight is 429 g/mol. The normalized spacial score (nSPS) is 16.3. The number of H-pyrrole nitrogens is 1. The standard InChI is InChI=1S/C22H27N3O6/c1-5-30-20(28)14-10-8-13(9-11-14)16-17(19(26)27)24-18(23-16)15-7-6-12-25(15)21(29)31-22(2,3)4/h8-11,15H,5-7,12H2,1-4H3,(H,23,24)(H,26,27). The number of hydrogen-bond donors (Lipinski definition) is 2. The summed E-state index contributed by atoms with van der Waals surface area (Å²) in [5.74, 6) is -1.22. The Labute approximate surface area is 180 Å². The van der Waals surface area contributed by atoms with Gasteiger partial charge in [0, 0.05) is 12.1 Å². The number of esters is 1. The lowest BCUT2D eigenvalue weighted by molar-refractivity contribution is 0.0218. The van der Waals surface area contributed by atoms with Gasteiger partial charge in [-0.2, -0.15) is 0 Å². The molecule has 1 fully saturated rings. The van der Waals surface area contributed by atoms with Crippen LogP contribution in [0.15, 0.2) is 24.3 Å². The lowest BCUT2D eigenvalue weighted by Gasteiger charge is -2.27. The number of nitrogens with zero attached hydrogens (tertiary/aromatic N) is 2. The molecule has 1 amide bonds. The molecule has 0 spiro atoms. The van der Waals surface area contributed by atoms with Gasteiger partial charge in [-0.25, -0.2) is 19.4 Å². The molecule has 0 saturated carbocycles. The van der Waals surface area contributed by atoms with Crippen LogP contribution in [0.3, 0.4) is 0 Å². The smallest absolute Gasteiger partial charge is 0.410 e. The van der Waals surface area contributed by atoms with Crippen LogP contribution in [0.4, 0.5) is 4.79 Å². The molecule has 1 unspecified atom stereocenters. The predicted molar refractivity (Wildman–Crippen MR) is 112 cm³/mol. The third-order valence-electron chi connectivity index (χ3n) is 4.80. The Hall–Kier alpha value is -3.36. The molecule has 1 saturated heterocycles. The van der Waals surface area contributed by atoms with Crippen LogP contribution in [0.2, 0.25) is 0 Å². The van der Waals surface area contributed by atoms with Crippen molar-refractivity contribution in [3.05, 3.63) is 41.3 Å². The quantitative estimate of drug-likeness (QED) is 0.688. The van der Waals surface area contributed by atoms with E-state index in [1.807, 2.05) is 0 Å². The van der Waals surface area contributed by atoms with E-state index in [9.17, 15) is 19.5 Å². The molecule has 1 aromatic carbocycles. The summed E-state index contributed by atoms with van der Waals surface area (Å²) < 4.78 is 10.5. The van der Waals surface area contributed by atoms with Crippen LogP contribution >= 0.6 is 0 Å². The fourth-order valence-corrected chi connectivity index (χ4v) is 3.48. The van der Waals surface area contributed by atoms with Gasteiger partial charge >= 0.3 is 18.0 Å². The SMILES string of the molecule is CCOC(=O)c1ccc(-c2nc(C3CCCN3C(=O)OC(C)(C)C)[nH]c2C(=O)O)cc1. The first kappa shape index (κ1) is 22.3. The number of hydrogen-bond acceptors (Lipinski definition) is 6. The average Bonchev–Trinajstić information content (AvgIpc) is 3.34. The minimum atomic E-state index is -1.16. The first-order valence-corrected chi connectivity index (χ1v) is 10.2. The Balaban J connectivity index is 1.91. The van der Waals surface area contributed by atoms with Crippen LogP contribution in [0.25, 0.3) is 11.3 Å². The number of aromatic amines is 1. The van der Waals surface area contributed by atoms with Gasteiger partial charge in [0.15, 0.2) is 5.69 Å². The van der Waals surface area contributed by atoms with Crippen LogP contribution in [0.1, 0.15) is 73.2 Å². The molecule has 2 heterocycles. The Kier molecular flexibility index (Phi) is 6.33. The number of carbonyl (C=O) groups excluding carboxylic acids is 2. The predicted octanol–water partition coefficient (Wildman–Crippen LogP) is 4.02. The molecule has 1 aliphatic rings.